The maximum atomic E-state index is 12.1. The monoisotopic (exact) mass is 250 g/mol. The Balaban J connectivity index is 5.38. The fraction of sp³-hybridized carbons (Fsp3) is 0.143. The lowest BCUT2D eigenvalue weighted by atomic mass is 10.4. The van der Waals surface area contributed by atoms with E-state index in [1.54, 1.807) is 37.3 Å². The van der Waals surface area contributed by atoms with E-state index >= 15 is 0 Å². The van der Waals surface area contributed by atoms with Crippen molar-refractivity contribution in [1.82, 2.24) is 0 Å². The zero-order valence-corrected chi connectivity index (χ0v) is 11.1. The molecule has 0 radical (unpaired) electrons. The first-order valence-corrected chi connectivity index (χ1v) is 6.65. The molecule has 0 atom stereocenters. The molecule has 3 heteroatoms. The highest BCUT2D eigenvalue weighted by molar-refractivity contribution is 7.99. The molecule has 0 fully saturated rings. The number of hydrogen-bond donors (Lipinski definition) is 0. The summed E-state index contributed by atoms with van der Waals surface area (Å²) in [5.41, 5.74) is 0. The average molecular weight is 250 g/mol. The molecule has 0 N–H and O–H groups in total. The first kappa shape index (κ1) is 15.4. The lowest BCUT2D eigenvalue weighted by Gasteiger charge is -2.03. The molecule has 0 spiro atoms. The molecule has 92 valence electrons. The van der Waals surface area contributed by atoms with Gasteiger partial charge in [-0.25, -0.2) is 8.42 Å². The topological polar surface area (TPSA) is 34.1 Å². The number of hydrogen-bond acceptors (Lipinski definition) is 2. The smallest absolute Gasteiger partial charge is 0.202 e. The molecule has 0 unspecified atom stereocenters. The van der Waals surface area contributed by atoms with Crippen LogP contribution in [0.5, 0.6) is 0 Å². The van der Waals surface area contributed by atoms with Gasteiger partial charge in [-0.2, -0.15) is 0 Å². The average Bonchev–Trinajstić information content (AvgIpc) is 2.30. The number of allylic oxidation sites excluding steroid dienone is 9. The SMILES string of the molecule is C=C/C=C\C=C(/C)S(=O)(=O)/C(C=C)=C/C=C\C. The van der Waals surface area contributed by atoms with Gasteiger partial charge < -0.3 is 0 Å². The largest absolute Gasteiger partial charge is 0.219 e. The van der Waals surface area contributed by atoms with Gasteiger partial charge in [-0.1, -0.05) is 49.6 Å². The van der Waals surface area contributed by atoms with Gasteiger partial charge in [0.05, 0.1) is 4.91 Å². The van der Waals surface area contributed by atoms with Gasteiger partial charge in [0.15, 0.2) is 0 Å². The Kier molecular flexibility index (Phi) is 6.91. The fourth-order valence-corrected chi connectivity index (χ4v) is 2.11. The van der Waals surface area contributed by atoms with E-state index in [1.807, 2.05) is 6.92 Å². The van der Waals surface area contributed by atoms with Crippen LogP contribution in [0.4, 0.5) is 0 Å². The molecule has 0 aromatic carbocycles. The third kappa shape index (κ3) is 4.83. The van der Waals surface area contributed by atoms with Crippen LogP contribution in [0.15, 0.2) is 71.6 Å². The van der Waals surface area contributed by atoms with Gasteiger partial charge in [0.25, 0.3) is 0 Å². The van der Waals surface area contributed by atoms with Crippen LogP contribution in [0, 0.1) is 0 Å². The molecule has 2 nitrogen and oxygen atoms in total. The predicted molar refractivity (Wildman–Crippen MR) is 75.1 cm³/mol. The van der Waals surface area contributed by atoms with Crippen molar-refractivity contribution in [2.45, 2.75) is 13.8 Å². The molecule has 0 saturated heterocycles. The van der Waals surface area contributed by atoms with Gasteiger partial charge in [-0.05, 0) is 26.0 Å². The van der Waals surface area contributed by atoms with Crippen LogP contribution in [-0.2, 0) is 9.84 Å². The highest BCUT2D eigenvalue weighted by Gasteiger charge is 2.16. The summed E-state index contributed by atoms with van der Waals surface area (Å²) in [6.07, 6.45) is 12.7. The van der Waals surface area contributed by atoms with Gasteiger partial charge in [0.2, 0.25) is 9.84 Å². The molecule has 0 saturated carbocycles. The van der Waals surface area contributed by atoms with Crippen molar-refractivity contribution in [1.29, 1.82) is 0 Å². The van der Waals surface area contributed by atoms with Gasteiger partial charge in [-0.3, -0.25) is 0 Å². The molecular weight excluding hydrogens is 232 g/mol. The fourth-order valence-electron chi connectivity index (χ4n) is 1.00. The van der Waals surface area contributed by atoms with E-state index in [9.17, 15) is 8.42 Å². The summed E-state index contributed by atoms with van der Waals surface area (Å²) >= 11 is 0. The van der Waals surface area contributed by atoms with E-state index in [1.165, 1.54) is 18.2 Å². The summed E-state index contributed by atoms with van der Waals surface area (Å²) in [6, 6.07) is 0. The first-order chi connectivity index (χ1) is 8.00. The lowest BCUT2D eigenvalue weighted by molar-refractivity contribution is 0.608. The third-order valence-electron chi connectivity index (χ3n) is 1.97. The number of rotatable bonds is 6. The second-order valence-corrected chi connectivity index (χ2v) is 5.32. The number of sulfone groups is 1. The van der Waals surface area contributed by atoms with Crippen molar-refractivity contribution >= 4 is 9.84 Å². The van der Waals surface area contributed by atoms with Crippen molar-refractivity contribution in [2.24, 2.45) is 0 Å². The Labute approximate surface area is 104 Å². The molecule has 0 amide bonds. The van der Waals surface area contributed by atoms with Crippen LogP contribution in [0.2, 0.25) is 0 Å². The Hall–Kier alpha value is -1.61. The molecule has 0 aliphatic heterocycles. The maximum Gasteiger partial charge on any atom is 0.202 e. The van der Waals surface area contributed by atoms with Crippen molar-refractivity contribution in [3.8, 4) is 0 Å². The van der Waals surface area contributed by atoms with Crippen LogP contribution in [0.25, 0.3) is 0 Å². The van der Waals surface area contributed by atoms with Crippen LogP contribution >= 0.6 is 0 Å². The standard InChI is InChI=1S/C14H18O2S/c1-5-8-10-11-13(4)17(15,16)14(7-3)12-9-6-2/h5-12H,1,3H2,2,4H3/b9-6-,10-8-,13-11+,14-12+. The van der Waals surface area contributed by atoms with E-state index in [0.29, 0.717) is 0 Å². The maximum absolute atomic E-state index is 12.1. The Morgan fingerprint density at radius 1 is 1.06 bits per heavy atom. The first-order valence-electron chi connectivity index (χ1n) is 5.17. The summed E-state index contributed by atoms with van der Waals surface area (Å²) in [6.45, 7) is 10.4. The third-order valence-corrected chi connectivity index (χ3v) is 3.87. The Morgan fingerprint density at radius 2 is 1.71 bits per heavy atom. The van der Waals surface area contributed by atoms with E-state index in [-0.39, 0.29) is 9.81 Å². The van der Waals surface area contributed by atoms with Gasteiger partial charge in [-0.15, -0.1) is 0 Å². The van der Waals surface area contributed by atoms with Crippen LogP contribution in [0.1, 0.15) is 13.8 Å². The molecule has 0 aliphatic rings. The molecule has 17 heavy (non-hydrogen) atoms. The summed E-state index contributed by atoms with van der Waals surface area (Å²) in [5, 5.41) is 0. The van der Waals surface area contributed by atoms with Crippen LogP contribution in [0.3, 0.4) is 0 Å². The molecule has 0 aromatic rings. The minimum absolute atomic E-state index is 0.191. The zero-order chi connectivity index (χ0) is 13.3. The summed E-state index contributed by atoms with van der Waals surface area (Å²) in [5.74, 6) is 0. The van der Waals surface area contributed by atoms with Gasteiger partial charge in [0.1, 0.15) is 0 Å². The van der Waals surface area contributed by atoms with Crippen molar-refractivity contribution in [3.05, 3.63) is 71.6 Å². The summed E-state index contributed by atoms with van der Waals surface area (Å²) < 4.78 is 24.1. The minimum atomic E-state index is -3.44. The highest BCUT2D eigenvalue weighted by Crippen LogP contribution is 2.18. The lowest BCUT2D eigenvalue weighted by Crippen LogP contribution is -2.03. The predicted octanol–water partition coefficient (Wildman–Crippen LogP) is 3.69. The molecule has 0 bridgehead atoms. The molecule has 0 heterocycles. The van der Waals surface area contributed by atoms with Crippen molar-refractivity contribution < 1.29 is 8.42 Å². The zero-order valence-electron chi connectivity index (χ0n) is 10.3. The van der Waals surface area contributed by atoms with E-state index < -0.39 is 9.84 Å². The molecule has 0 aliphatic carbocycles. The van der Waals surface area contributed by atoms with E-state index in [0.717, 1.165) is 0 Å². The van der Waals surface area contributed by atoms with Gasteiger partial charge >= 0.3 is 0 Å². The normalized spacial score (nSPS) is 14.5. The quantitative estimate of drug-likeness (QED) is 0.674. The molecule has 0 rings (SSSR count). The van der Waals surface area contributed by atoms with Crippen molar-refractivity contribution in [3.63, 3.8) is 0 Å². The molecule has 0 aromatic heterocycles. The summed E-state index contributed by atoms with van der Waals surface area (Å²) in [7, 11) is -3.44. The Morgan fingerprint density at radius 3 is 2.18 bits per heavy atom. The second-order valence-electron chi connectivity index (χ2n) is 3.20. The summed E-state index contributed by atoms with van der Waals surface area (Å²) in [4.78, 5) is 0.461. The van der Waals surface area contributed by atoms with E-state index in [4.69, 9.17) is 0 Å². The van der Waals surface area contributed by atoms with Crippen LogP contribution in [-0.4, -0.2) is 8.42 Å². The van der Waals surface area contributed by atoms with E-state index in [2.05, 4.69) is 13.2 Å². The minimum Gasteiger partial charge on any atom is -0.219 e. The van der Waals surface area contributed by atoms with Gasteiger partial charge in [0, 0.05) is 4.91 Å². The van der Waals surface area contributed by atoms with Crippen molar-refractivity contribution in [2.75, 3.05) is 0 Å². The molecular formula is C14H18O2S. The van der Waals surface area contributed by atoms with Crippen LogP contribution < -0.4 is 0 Å². The highest BCUT2D eigenvalue weighted by atomic mass is 32.2. The Bertz CT molecular complexity index is 486. The second kappa shape index (κ2) is 7.63.